The fraction of sp³-hybridized carbons (Fsp3) is 0.125. The van der Waals surface area contributed by atoms with Gasteiger partial charge in [-0.3, -0.25) is 10.0 Å². The third kappa shape index (κ3) is 1.38. The van der Waals surface area contributed by atoms with Gasteiger partial charge in [-0.1, -0.05) is 12.1 Å². The van der Waals surface area contributed by atoms with Crippen molar-refractivity contribution in [3.63, 3.8) is 0 Å². The molecule has 0 heterocycles. The molecule has 0 aliphatic heterocycles. The van der Waals surface area contributed by atoms with Gasteiger partial charge in [-0.15, -0.1) is 0 Å². The number of carbonyl (C=O) groups excluding carboxylic acids is 1. The highest BCUT2D eigenvalue weighted by molar-refractivity contribution is 5.98. The first-order chi connectivity index (χ1) is 5.66. The van der Waals surface area contributed by atoms with Crippen LogP contribution in [0, 0.1) is 6.92 Å². The molecular weight excluding hydrogens is 156 g/mol. The molecule has 4 heteroatoms. The second-order valence-corrected chi connectivity index (χ2v) is 2.48. The third-order valence-electron chi connectivity index (χ3n) is 1.67. The first-order valence-corrected chi connectivity index (χ1v) is 3.46. The highest BCUT2D eigenvalue weighted by Crippen LogP contribution is 2.15. The van der Waals surface area contributed by atoms with E-state index >= 15 is 0 Å². The predicted molar refractivity (Wildman–Crippen MR) is 44.8 cm³/mol. The summed E-state index contributed by atoms with van der Waals surface area (Å²) in [5, 5.41) is 8.35. The van der Waals surface area contributed by atoms with Crippen LogP contribution in [0.4, 0.5) is 5.69 Å². The molecule has 1 aromatic carbocycles. The molecule has 0 bridgehead atoms. The Balaban J connectivity index is 3.16. The molecule has 0 saturated carbocycles. The zero-order valence-electron chi connectivity index (χ0n) is 6.66. The zero-order chi connectivity index (χ0) is 9.14. The largest absolute Gasteiger partial charge is 0.398 e. The summed E-state index contributed by atoms with van der Waals surface area (Å²) >= 11 is 0. The number of nitrogens with two attached hydrogens (primary N) is 1. The van der Waals surface area contributed by atoms with Crippen molar-refractivity contribution in [1.29, 1.82) is 0 Å². The quantitative estimate of drug-likeness (QED) is 0.326. The number of para-hydroxylation sites is 1. The topological polar surface area (TPSA) is 75.3 Å². The van der Waals surface area contributed by atoms with Gasteiger partial charge in [0.15, 0.2) is 0 Å². The Morgan fingerprint density at radius 2 is 2.25 bits per heavy atom. The lowest BCUT2D eigenvalue weighted by Gasteiger charge is -2.04. The van der Waals surface area contributed by atoms with Crippen LogP contribution in [0.3, 0.4) is 0 Å². The van der Waals surface area contributed by atoms with Gasteiger partial charge in [0.05, 0.1) is 5.56 Å². The SMILES string of the molecule is Cc1cccc(C(=O)NO)c1N. The van der Waals surface area contributed by atoms with E-state index in [1.54, 1.807) is 25.1 Å². The number of nitrogen functional groups attached to an aromatic ring is 1. The maximum Gasteiger partial charge on any atom is 0.276 e. The molecule has 12 heavy (non-hydrogen) atoms. The molecule has 1 amide bonds. The van der Waals surface area contributed by atoms with Gasteiger partial charge < -0.3 is 5.73 Å². The second-order valence-electron chi connectivity index (χ2n) is 2.48. The van der Waals surface area contributed by atoms with E-state index in [2.05, 4.69) is 0 Å². The minimum atomic E-state index is -0.587. The van der Waals surface area contributed by atoms with Crippen molar-refractivity contribution < 1.29 is 10.0 Å². The number of amides is 1. The third-order valence-corrected chi connectivity index (χ3v) is 1.67. The van der Waals surface area contributed by atoms with Gasteiger partial charge >= 0.3 is 0 Å². The highest BCUT2D eigenvalue weighted by Gasteiger charge is 2.08. The molecule has 0 atom stereocenters. The average Bonchev–Trinajstić information content (AvgIpc) is 2.08. The van der Waals surface area contributed by atoms with Crippen LogP contribution < -0.4 is 11.2 Å². The number of hydrogen-bond donors (Lipinski definition) is 3. The van der Waals surface area contributed by atoms with Crippen LogP contribution in [0.5, 0.6) is 0 Å². The molecule has 0 aliphatic rings. The number of aryl methyl sites for hydroxylation is 1. The molecule has 0 radical (unpaired) electrons. The molecule has 4 nitrogen and oxygen atoms in total. The summed E-state index contributed by atoms with van der Waals surface area (Å²) < 4.78 is 0. The highest BCUT2D eigenvalue weighted by atomic mass is 16.5. The first-order valence-electron chi connectivity index (χ1n) is 3.46. The van der Waals surface area contributed by atoms with Gasteiger partial charge in [0, 0.05) is 5.69 Å². The van der Waals surface area contributed by atoms with E-state index in [1.165, 1.54) is 5.48 Å². The summed E-state index contributed by atoms with van der Waals surface area (Å²) in [6.45, 7) is 1.80. The molecule has 0 aromatic heterocycles. The predicted octanol–water partition coefficient (Wildman–Crippen LogP) is 0.696. The van der Waals surface area contributed by atoms with Crippen molar-refractivity contribution in [2.24, 2.45) is 0 Å². The number of benzene rings is 1. The van der Waals surface area contributed by atoms with Crippen molar-refractivity contribution in [1.82, 2.24) is 5.48 Å². The van der Waals surface area contributed by atoms with Crippen LogP contribution in [0.15, 0.2) is 18.2 Å². The van der Waals surface area contributed by atoms with Crippen molar-refractivity contribution >= 4 is 11.6 Å². The molecule has 0 saturated heterocycles. The van der Waals surface area contributed by atoms with E-state index in [0.29, 0.717) is 5.69 Å². The molecule has 1 rings (SSSR count). The summed E-state index contributed by atoms with van der Waals surface area (Å²) in [4.78, 5) is 10.9. The second kappa shape index (κ2) is 3.23. The lowest BCUT2D eigenvalue weighted by atomic mass is 10.1. The molecule has 64 valence electrons. The van der Waals surface area contributed by atoms with Gasteiger partial charge in [-0.05, 0) is 18.6 Å². The Morgan fingerprint density at radius 1 is 1.58 bits per heavy atom. The standard InChI is InChI=1S/C8H10N2O2/c1-5-3-2-4-6(7(5)9)8(11)10-12/h2-4,12H,9H2,1H3,(H,10,11). The van der Waals surface area contributed by atoms with E-state index in [4.69, 9.17) is 10.9 Å². The molecule has 0 unspecified atom stereocenters. The Labute approximate surface area is 70.0 Å². The van der Waals surface area contributed by atoms with Gasteiger partial charge in [-0.2, -0.15) is 0 Å². The van der Waals surface area contributed by atoms with E-state index in [1.807, 2.05) is 0 Å². The normalized spacial score (nSPS) is 9.50. The molecule has 0 spiro atoms. The number of hydroxylamine groups is 1. The van der Waals surface area contributed by atoms with E-state index < -0.39 is 5.91 Å². The Morgan fingerprint density at radius 3 is 2.83 bits per heavy atom. The Hall–Kier alpha value is -1.55. The van der Waals surface area contributed by atoms with Gasteiger partial charge in [0.25, 0.3) is 5.91 Å². The molecule has 0 fully saturated rings. The van der Waals surface area contributed by atoms with Gasteiger partial charge in [0.2, 0.25) is 0 Å². The lowest BCUT2D eigenvalue weighted by molar-refractivity contribution is 0.0707. The molecular formula is C8H10N2O2. The fourth-order valence-corrected chi connectivity index (χ4v) is 0.939. The van der Waals surface area contributed by atoms with Crippen molar-refractivity contribution in [2.75, 3.05) is 5.73 Å². The number of anilines is 1. The monoisotopic (exact) mass is 166 g/mol. The number of rotatable bonds is 1. The van der Waals surface area contributed by atoms with Gasteiger partial charge in [0.1, 0.15) is 0 Å². The van der Waals surface area contributed by atoms with E-state index in [9.17, 15) is 4.79 Å². The summed E-state index contributed by atoms with van der Waals surface area (Å²) in [6.07, 6.45) is 0. The summed E-state index contributed by atoms with van der Waals surface area (Å²) in [5.74, 6) is -0.587. The summed E-state index contributed by atoms with van der Waals surface area (Å²) in [6, 6.07) is 5.05. The van der Waals surface area contributed by atoms with Crippen LogP contribution >= 0.6 is 0 Å². The maximum atomic E-state index is 10.9. The van der Waals surface area contributed by atoms with Crippen molar-refractivity contribution in [3.05, 3.63) is 29.3 Å². The van der Waals surface area contributed by atoms with Gasteiger partial charge in [-0.25, -0.2) is 5.48 Å². The minimum Gasteiger partial charge on any atom is -0.398 e. The van der Waals surface area contributed by atoms with Crippen LogP contribution in [0.25, 0.3) is 0 Å². The fourth-order valence-electron chi connectivity index (χ4n) is 0.939. The smallest absolute Gasteiger partial charge is 0.276 e. The van der Waals surface area contributed by atoms with E-state index in [-0.39, 0.29) is 5.56 Å². The maximum absolute atomic E-state index is 10.9. The summed E-state index contributed by atoms with van der Waals surface area (Å²) in [7, 11) is 0. The number of carbonyl (C=O) groups is 1. The molecule has 1 aromatic rings. The lowest BCUT2D eigenvalue weighted by Crippen LogP contribution is -2.20. The molecule has 0 aliphatic carbocycles. The van der Waals surface area contributed by atoms with E-state index in [0.717, 1.165) is 5.56 Å². The Bertz CT molecular complexity index is 310. The van der Waals surface area contributed by atoms with Crippen LogP contribution in [0.2, 0.25) is 0 Å². The number of nitrogens with one attached hydrogen (secondary N) is 1. The van der Waals surface area contributed by atoms with Crippen LogP contribution in [-0.2, 0) is 0 Å². The minimum absolute atomic E-state index is 0.289. The van der Waals surface area contributed by atoms with Crippen molar-refractivity contribution in [2.45, 2.75) is 6.92 Å². The number of hydrogen-bond acceptors (Lipinski definition) is 3. The van der Waals surface area contributed by atoms with Crippen molar-refractivity contribution in [3.8, 4) is 0 Å². The first kappa shape index (κ1) is 8.55. The Kier molecular flexibility index (Phi) is 2.30. The van der Waals surface area contributed by atoms with Crippen LogP contribution in [0.1, 0.15) is 15.9 Å². The molecule has 4 N–H and O–H groups in total. The summed E-state index contributed by atoms with van der Waals surface area (Å²) in [5.41, 5.74) is 8.62. The average molecular weight is 166 g/mol. The zero-order valence-corrected chi connectivity index (χ0v) is 6.66. The van der Waals surface area contributed by atoms with Crippen LogP contribution in [-0.4, -0.2) is 11.1 Å².